The van der Waals surface area contributed by atoms with E-state index >= 15 is 0 Å². The van der Waals surface area contributed by atoms with Crippen LogP contribution in [0, 0.1) is 0 Å². The maximum absolute atomic E-state index is 11.8. The van der Waals surface area contributed by atoms with E-state index in [9.17, 15) is 26.4 Å². The molecular weight excluding hydrogens is 321 g/mol. The smallest absolute Gasteiger partial charge is 0.347 e. The SMILES string of the molecule is O=C(NCCNS(=O)(=O)c1ccc(Cl)cc1)C(F)(F)F. The molecule has 0 aliphatic carbocycles. The summed E-state index contributed by atoms with van der Waals surface area (Å²) in [5.41, 5.74) is 0. The first kappa shape index (κ1) is 16.7. The highest BCUT2D eigenvalue weighted by Crippen LogP contribution is 2.14. The lowest BCUT2D eigenvalue weighted by Gasteiger charge is -2.09. The Labute approximate surface area is 118 Å². The Hall–Kier alpha value is -1.32. The lowest BCUT2D eigenvalue weighted by Crippen LogP contribution is -2.41. The summed E-state index contributed by atoms with van der Waals surface area (Å²) in [6, 6.07) is 5.22. The summed E-state index contributed by atoms with van der Waals surface area (Å²) in [7, 11) is -3.85. The number of carbonyl (C=O) groups is 1. The van der Waals surface area contributed by atoms with E-state index in [0.29, 0.717) is 5.02 Å². The van der Waals surface area contributed by atoms with Crippen LogP contribution in [0.4, 0.5) is 13.2 Å². The largest absolute Gasteiger partial charge is 0.471 e. The predicted octanol–water partition coefficient (Wildman–Crippen LogP) is 1.30. The molecule has 0 spiro atoms. The molecular formula is C10H10ClF3N2O3S. The van der Waals surface area contributed by atoms with Crippen LogP contribution in [-0.4, -0.2) is 33.6 Å². The van der Waals surface area contributed by atoms with Crippen LogP contribution in [0.3, 0.4) is 0 Å². The van der Waals surface area contributed by atoms with Gasteiger partial charge in [-0.3, -0.25) is 4.79 Å². The molecule has 0 radical (unpaired) electrons. The normalized spacial score (nSPS) is 12.2. The van der Waals surface area contributed by atoms with E-state index in [1.54, 1.807) is 5.32 Å². The second kappa shape index (κ2) is 6.42. The van der Waals surface area contributed by atoms with Crippen molar-refractivity contribution in [2.75, 3.05) is 13.1 Å². The van der Waals surface area contributed by atoms with Crippen LogP contribution < -0.4 is 10.0 Å². The van der Waals surface area contributed by atoms with Crippen molar-refractivity contribution in [3.63, 3.8) is 0 Å². The Morgan fingerprint density at radius 2 is 1.70 bits per heavy atom. The zero-order valence-electron chi connectivity index (χ0n) is 9.87. The van der Waals surface area contributed by atoms with Gasteiger partial charge in [-0.2, -0.15) is 13.2 Å². The number of hydrogen-bond acceptors (Lipinski definition) is 3. The third-order valence-electron chi connectivity index (χ3n) is 2.08. The number of benzene rings is 1. The van der Waals surface area contributed by atoms with Crippen LogP contribution in [0.1, 0.15) is 0 Å². The summed E-state index contributed by atoms with van der Waals surface area (Å²) < 4.78 is 61.0. The molecule has 0 atom stereocenters. The third kappa shape index (κ3) is 4.99. The Bertz CT molecular complexity index is 572. The van der Waals surface area contributed by atoms with E-state index < -0.39 is 28.7 Å². The number of carbonyl (C=O) groups excluding carboxylic acids is 1. The van der Waals surface area contributed by atoms with E-state index in [1.165, 1.54) is 24.3 Å². The van der Waals surface area contributed by atoms with Crippen LogP contribution in [0.5, 0.6) is 0 Å². The molecule has 0 saturated heterocycles. The van der Waals surface area contributed by atoms with Gasteiger partial charge in [0.1, 0.15) is 0 Å². The summed E-state index contributed by atoms with van der Waals surface area (Å²) in [5, 5.41) is 1.89. The number of rotatable bonds is 5. The van der Waals surface area contributed by atoms with Gasteiger partial charge in [0.05, 0.1) is 4.90 Å². The maximum atomic E-state index is 11.8. The molecule has 0 aromatic heterocycles. The fourth-order valence-electron chi connectivity index (χ4n) is 1.16. The van der Waals surface area contributed by atoms with Crippen LogP contribution in [0.2, 0.25) is 5.02 Å². The minimum Gasteiger partial charge on any atom is -0.347 e. The number of hydrogen-bond donors (Lipinski definition) is 2. The molecule has 5 nitrogen and oxygen atoms in total. The van der Waals surface area contributed by atoms with E-state index in [4.69, 9.17) is 11.6 Å². The maximum Gasteiger partial charge on any atom is 0.471 e. The number of amides is 1. The van der Waals surface area contributed by atoms with Gasteiger partial charge in [-0.15, -0.1) is 0 Å². The summed E-state index contributed by atoms with van der Waals surface area (Å²) in [6.45, 7) is -0.849. The molecule has 20 heavy (non-hydrogen) atoms. The van der Waals surface area contributed by atoms with Crippen LogP contribution in [0.15, 0.2) is 29.2 Å². The van der Waals surface area contributed by atoms with Crippen LogP contribution in [0.25, 0.3) is 0 Å². The minimum atomic E-state index is -4.99. The molecule has 1 aromatic carbocycles. The van der Waals surface area contributed by atoms with Crippen molar-refractivity contribution in [1.82, 2.24) is 10.0 Å². The van der Waals surface area contributed by atoms with Crippen molar-refractivity contribution in [2.45, 2.75) is 11.1 Å². The molecule has 10 heteroatoms. The average molecular weight is 331 g/mol. The molecule has 1 amide bonds. The van der Waals surface area contributed by atoms with Crippen molar-refractivity contribution >= 4 is 27.5 Å². The van der Waals surface area contributed by atoms with Gasteiger partial charge in [-0.1, -0.05) is 11.6 Å². The monoisotopic (exact) mass is 330 g/mol. The van der Waals surface area contributed by atoms with E-state index in [1.807, 2.05) is 4.72 Å². The van der Waals surface area contributed by atoms with Crippen molar-refractivity contribution in [2.24, 2.45) is 0 Å². The van der Waals surface area contributed by atoms with E-state index in [0.717, 1.165) is 0 Å². The topological polar surface area (TPSA) is 75.3 Å². The van der Waals surface area contributed by atoms with Gasteiger partial charge >= 0.3 is 12.1 Å². The molecule has 112 valence electrons. The molecule has 1 rings (SSSR count). The van der Waals surface area contributed by atoms with Crippen molar-refractivity contribution in [3.05, 3.63) is 29.3 Å². The zero-order valence-corrected chi connectivity index (χ0v) is 11.4. The molecule has 0 unspecified atom stereocenters. The van der Waals surface area contributed by atoms with Crippen molar-refractivity contribution in [1.29, 1.82) is 0 Å². The summed E-state index contributed by atoms with van der Waals surface area (Å²) in [4.78, 5) is 10.4. The zero-order chi connectivity index (χ0) is 15.4. The van der Waals surface area contributed by atoms with Gasteiger partial charge in [-0.05, 0) is 24.3 Å². The summed E-state index contributed by atoms with van der Waals surface area (Å²) in [6.07, 6.45) is -4.99. The van der Waals surface area contributed by atoms with Gasteiger partial charge in [0, 0.05) is 18.1 Å². The van der Waals surface area contributed by atoms with Gasteiger partial charge in [0.2, 0.25) is 10.0 Å². The van der Waals surface area contributed by atoms with Crippen LogP contribution in [-0.2, 0) is 14.8 Å². The first-order chi connectivity index (χ1) is 9.13. The molecule has 1 aromatic rings. The number of sulfonamides is 1. The Morgan fingerprint density at radius 3 is 2.20 bits per heavy atom. The number of alkyl halides is 3. The summed E-state index contributed by atoms with van der Waals surface area (Å²) >= 11 is 5.60. The molecule has 0 fully saturated rings. The van der Waals surface area contributed by atoms with Gasteiger partial charge in [-0.25, -0.2) is 13.1 Å². The van der Waals surface area contributed by atoms with Gasteiger partial charge < -0.3 is 5.32 Å². The summed E-state index contributed by atoms with van der Waals surface area (Å²) in [5.74, 6) is -2.12. The highest BCUT2D eigenvalue weighted by molar-refractivity contribution is 7.89. The Morgan fingerprint density at radius 1 is 1.15 bits per heavy atom. The fourth-order valence-corrected chi connectivity index (χ4v) is 2.32. The Balaban J connectivity index is 2.49. The first-order valence-corrected chi connectivity index (χ1v) is 7.09. The molecule has 0 aliphatic rings. The van der Waals surface area contributed by atoms with E-state index in [2.05, 4.69) is 0 Å². The lowest BCUT2D eigenvalue weighted by atomic mass is 10.4. The predicted molar refractivity (Wildman–Crippen MR) is 65.7 cm³/mol. The molecule has 0 bridgehead atoms. The van der Waals surface area contributed by atoms with E-state index in [-0.39, 0.29) is 11.4 Å². The molecule has 0 saturated carbocycles. The van der Waals surface area contributed by atoms with Gasteiger partial charge in [0.25, 0.3) is 0 Å². The molecule has 0 heterocycles. The Kier molecular flexibility index (Phi) is 5.37. The highest BCUT2D eigenvalue weighted by Gasteiger charge is 2.38. The van der Waals surface area contributed by atoms with Crippen molar-refractivity contribution < 1.29 is 26.4 Å². The first-order valence-electron chi connectivity index (χ1n) is 5.23. The highest BCUT2D eigenvalue weighted by atomic mass is 35.5. The second-order valence-electron chi connectivity index (χ2n) is 3.61. The van der Waals surface area contributed by atoms with Crippen molar-refractivity contribution in [3.8, 4) is 0 Å². The molecule has 0 aliphatic heterocycles. The fraction of sp³-hybridized carbons (Fsp3) is 0.300. The average Bonchev–Trinajstić information content (AvgIpc) is 2.33. The second-order valence-corrected chi connectivity index (χ2v) is 5.81. The lowest BCUT2D eigenvalue weighted by molar-refractivity contribution is -0.173. The third-order valence-corrected chi connectivity index (χ3v) is 3.81. The minimum absolute atomic E-state index is 0.0796. The van der Waals surface area contributed by atoms with Gasteiger partial charge in [0.15, 0.2) is 0 Å². The number of nitrogens with one attached hydrogen (secondary N) is 2. The molecule has 2 N–H and O–H groups in total. The standard InChI is InChI=1S/C10H10ClF3N2O3S/c11-7-1-3-8(4-2-7)20(18,19)16-6-5-15-9(17)10(12,13)14/h1-4,16H,5-6H2,(H,15,17). The number of halogens is 4. The quantitative estimate of drug-likeness (QED) is 0.799. The van der Waals surface area contributed by atoms with Crippen LogP contribution >= 0.6 is 11.6 Å².